The number of aliphatic carboxylic acids is 1. The van der Waals surface area contributed by atoms with Gasteiger partial charge in [0.15, 0.2) is 0 Å². The van der Waals surface area contributed by atoms with E-state index >= 15 is 0 Å². The average molecular weight is 508 g/mol. The topological polar surface area (TPSA) is 92.1 Å². The van der Waals surface area contributed by atoms with Crippen molar-refractivity contribution in [1.29, 1.82) is 0 Å². The summed E-state index contributed by atoms with van der Waals surface area (Å²) in [5.41, 5.74) is 7.37. The molecule has 1 amide bonds. The summed E-state index contributed by atoms with van der Waals surface area (Å²) in [4.78, 5) is 29.4. The van der Waals surface area contributed by atoms with Crippen LogP contribution in [-0.2, 0) is 9.59 Å². The number of ether oxygens (including phenoxy) is 1. The van der Waals surface area contributed by atoms with Crippen LogP contribution in [0.3, 0.4) is 0 Å². The highest BCUT2D eigenvalue weighted by Gasteiger charge is 2.36. The van der Waals surface area contributed by atoms with Gasteiger partial charge in [0.25, 0.3) is 0 Å². The molecule has 0 fully saturated rings. The quantitative estimate of drug-likeness (QED) is 0.328. The number of hydrogen-bond donors (Lipinski definition) is 1. The maximum Gasteiger partial charge on any atom is 0.303 e. The number of hydrogen-bond acceptors (Lipinski definition) is 5. The van der Waals surface area contributed by atoms with Crippen molar-refractivity contribution < 1.29 is 19.4 Å². The fourth-order valence-electron chi connectivity index (χ4n) is 5.11. The van der Waals surface area contributed by atoms with Gasteiger partial charge < -0.3 is 9.84 Å². The van der Waals surface area contributed by atoms with Crippen LogP contribution < -0.4 is 4.74 Å². The van der Waals surface area contributed by atoms with Gasteiger partial charge in [-0.1, -0.05) is 66.2 Å². The number of aryl methyl sites for hydroxylation is 2. The number of aromatic nitrogens is 1. The molecule has 5 rings (SSSR count). The Morgan fingerprint density at radius 3 is 2.39 bits per heavy atom. The van der Waals surface area contributed by atoms with Crippen LogP contribution in [0.15, 0.2) is 77.9 Å². The molecule has 0 spiro atoms. The van der Waals surface area contributed by atoms with Crippen molar-refractivity contribution in [2.75, 3.05) is 7.11 Å². The van der Waals surface area contributed by atoms with Gasteiger partial charge in [-0.3, -0.25) is 14.6 Å². The van der Waals surface area contributed by atoms with E-state index in [0.717, 1.165) is 50.1 Å². The van der Waals surface area contributed by atoms with Gasteiger partial charge in [0.1, 0.15) is 5.75 Å². The van der Waals surface area contributed by atoms with Gasteiger partial charge in [0.05, 0.1) is 30.8 Å². The molecular formula is C31H29N3O4. The Hall–Kier alpha value is -4.52. The van der Waals surface area contributed by atoms with E-state index in [9.17, 15) is 14.7 Å². The lowest BCUT2D eigenvalue weighted by Crippen LogP contribution is -2.27. The largest absolute Gasteiger partial charge is 0.496 e. The smallest absolute Gasteiger partial charge is 0.303 e. The molecule has 2 heterocycles. The molecule has 4 aromatic rings. The SMILES string of the molecule is COc1ccccc1C1CC(c2c(C)nc3ccccc3c2-c2ccc(C)cc2)=NN1C(=O)CCC(=O)O. The van der Waals surface area contributed by atoms with Gasteiger partial charge in [0, 0.05) is 40.6 Å². The normalized spacial score (nSPS) is 15.0. The Labute approximate surface area is 221 Å². The number of fused-ring (bicyclic) bond motifs is 1. The second-order valence-electron chi connectivity index (χ2n) is 9.47. The number of amides is 1. The number of para-hydroxylation sites is 2. The third-order valence-electron chi connectivity index (χ3n) is 6.92. The first-order valence-electron chi connectivity index (χ1n) is 12.6. The van der Waals surface area contributed by atoms with Crippen LogP contribution in [0.1, 0.15) is 47.7 Å². The molecule has 1 unspecified atom stereocenters. The summed E-state index contributed by atoms with van der Waals surface area (Å²) >= 11 is 0. The van der Waals surface area contributed by atoms with Gasteiger partial charge in [-0.2, -0.15) is 5.10 Å². The van der Waals surface area contributed by atoms with Gasteiger partial charge in [-0.05, 0) is 31.5 Å². The molecule has 1 aromatic heterocycles. The predicted octanol–water partition coefficient (Wildman–Crippen LogP) is 6.07. The number of carboxylic acid groups (broad SMARTS) is 1. The van der Waals surface area contributed by atoms with E-state index in [0.29, 0.717) is 12.2 Å². The van der Waals surface area contributed by atoms with E-state index in [1.165, 1.54) is 5.01 Å². The molecular weight excluding hydrogens is 478 g/mol. The maximum absolute atomic E-state index is 13.3. The highest BCUT2D eigenvalue weighted by molar-refractivity contribution is 6.14. The van der Waals surface area contributed by atoms with Crippen LogP contribution in [0.25, 0.3) is 22.0 Å². The average Bonchev–Trinajstić information content (AvgIpc) is 3.36. The lowest BCUT2D eigenvalue weighted by molar-refractivity contribution is -0.141. The fraction of sp³-hybridized carbons (Fsp3) is 0.226. The molecule has 1 aliphatic rings. The molecule has 7 nitrogen and oxygen atoms in total. The summed E-state index contributed by atoms with van der Waals surface area (Å²) < 4.78 is 5.62. The zero-order chi connectivity index (χ0) is 26.8. The van der Waals surface area contributed by atoms with Crippen LogP contribution in [0.2, 0.25) is 0 Å². The van der Waals surface area contributed by atoms with E-state index in [4.69, 9.17) is 14.8 Å². The minimum atomic E-state index is -1.02. The van der Waals surface area contributed by atoms with Gasteiger partial charge in [-0.15, -0.1) is 0 Å². The van der Waals surface area contributed by atoms with E-state index in [1.54, 1.807) is 7.11 Å². The molecule has 0 saturated carbocycles. The number of methoxy groups -OCH3 is 1. The van der Waals surface area contributed by atoms with Crippen molar-refractivity contribution in [2.45, 2.75) is 39.2 Å². The lowest BCUT2D eigenvalue weighted by Gasteiger charge is -2.23. The Kier molecular flexibility index (Phi) is 6.92. The van der Waals surface area contributed by atoms with Gasteiger partial charge >= 0.3 is 5.97 Å². The van der Waals surface area contributed by atoms with Gasteiger partial charge in [-0.25, -0.2) is 5.01 Å². The third-order valence-corrected chi connectivity index (χ3v) is 6.92. The summed E-state index contributed by atoms with van der Waals surface area (Å²) in [6, 6.07) is 23.5. The second kappa shape index (κ2) is 10.5. The van der Waals surface area contributed by atoms with Crippen molar-refractivity contribution in [2.24, 2.45) is 5.10 Å². The van der Waals surface area contributed by atoms with Crippen molar-refractivity contribution in [3.63, 3.8) is 0 Å². The first-order chi connectivity index (χ1) is 18.4. The van der Waals surface area contributed by atoms with Gasteiger partial charge in [0.2, 0.25) is 5.91 Å². The fourth-order valence-corrected chi connectivity index (χ4v) is 5.11. The van der Waals surface area contributed by atoms with Crippen molar-refractivity contribution in [3.8, 4) is 16.9 Å². The number of carboxylic acids is 1. The highest BCUT2D eigenvalue weighted by atomic mass is 16.5. The number of carbonyl (C=O) groups is 2. The number of nitrogens with zero attached hydrogens (tertiary/aromatic N) is 3. The summed E-state index contributed by atoms with van der Waals surface area (Å²) in [7, 11) is 1.60. The first-order valence-corrected chi connectivity index (χ1v) is 12.6. The molecule has 3 aromatic carbocycles. The van der Waals surface area contributed by atoms with E-state index in [-0.39, 0.29) is 18.7 Å². The number of rotatable bonds is 7. The van der Waals surface area contributed by atoms with Crippen LogP contribution in [0.5, 0.6) is 5.75 Å². The predicted molar refractivity (Wildman–Crippen MR) is 147 cm³/mol. The molecule has 0 radical (unpaired) electrons. The molecule has 38 heavy (non-hydrogen) atoms. The first kappa shape index (κ1) is 25.1. The summed E-state index contributed by atoms with van der Waals surface area (Å²) in [5.74, 6) is -0.717. The zero-order valence-electron chi connectivity index (χ0n) is 21.6. The standard InChI is InChI=1S/C31H29N3O4/c1-19-12-14-21(15-13-19)31-22-8-4-6-10-24(22)32-20(2)30(31)25-18-26(23-9-5-7-11-27(23)38-3)34(33-25)28(35)16-17-29(36)37/h4-15,26H,16-18H2,1-3H3,(H,36,37). The van der Waals surface area contributed by atoms with Crippen LogP contribution >= 0.6 is 0 Å². The minimum absolute atomic E-state index is 0.141. The van der Waals surface area contributed by atoms with Crippen LogP contribution in [0.4, 0.5) is 0 Å². The Morgan fingerprint density at radius 1 is 0.947 bits per heavy atom. The number of pyridine rings is 1. The zero-order valence-corrected chi connectivity index (χ0v) is 21.6. The molecule has 0 aliphatic carbocycles. The monoisotopic (exact) mass is 507 g/mol. The second-order valence-corrected chi connectivity index (χ2v) is 9.47. The van der Waals surface area contributed by atoms with Crippen molar-refractivity contribution in [3.05, 3.63) is 95.2 Å². The molecule has 1 atom stereocenters. The summed E-state index contributed by atoms with van der Waals surface area (Å²) in [6.07, 6.45) is 0.0421. The highest BCUT2D eigenvalue weighted by Crippen LogP contribution is 2.41. The Bertz CT molecular complexity index is 1560. The molecule has 7 heteroatoms. The summed E-state index contributed by atoms with van der Waals surface area (Å²) in [6.45, 7) is 4.02. The van der Waals surface area contributed by atoms with Crippen LogP contribution in [0, 0.1) is 13.8 Å². The molecule has 1 aliphatic heterocycles. The molecule has 1 N–H and O–H groups in total. The minimum Gasteiger partial charge on any atom is -0.496 e. The van der Waals surface area contributed by atoms with Crippen LogP contribution in [-0.4, -0.2) is 39.8 Å². The van der Waals surface area contributed by atoms with Crippen molar-refractivity contribution in [1.82, 2.24) is 9.99 Å². The van der Waals surface area contributed by atoms with E-state index in [2.05, 4.69) is 37.3 Å². The van der Waals surface area contributed by atoms with E-state index in [1.807, 2.05) is 49.4 Å². The molecule has 0 saturated heterocycles. The van der Waals surface area contributed by atoms with E-state index < -0.39 is 12.0 Å². The lowest BCUT2D eigenvalue weighted by atomic mass is 9.89. The number of carbonyl (C=O) groups excluding carboxylic acids is 1. The maximum atomic E-state index is 13.3. The molecule has 192 valence electrons. The van der Waals surface area contributed by atoms with Crippen molar-refractivity contribution >= 4 is 28.5 Å². The molecule has 0 bridgehead atoms. The number of benzene rings is 3. The summed E-state index contributed by atoms with van der Waals surface area (Å²) in [5, 5.41) is 16.5. The third kappa shape index (κ3) is 4.75. The Morgan fingerprint density at radius 2 is 1.66 bits per heavy atom. The number of hydrazone groups is 1. The Balaban J connectivity index is 1.69.